The zero-order valence-electron chi connectivity index (χ0n) is 22.4. The first-order chi connectivity index (χ1) is 19.0. The Labute approximate surface area is 228 Å². The lowest BCUT2D eigenvalue weighted by Gasteiger charge is -2.31. The number of carbonyl (C=O) groups is 4. The fourth-order valence-electron chi connectivity index (χ4n) is 5.22. The Bertz CT molecular complexity index is 1030. The molecule has 1 unspecified atom stereocenters. The van der Waals surface area contributed by atoms with Crippen LogP contribution in [0.25, 0.3) is 0 Å². The lowest BCUT2D eigenvalue weighted by atomic mass is 10.0. The highest BCUT2D eigenvalue weighted by Gasteiger charge is 2.39. The summed E-state index contributed by atoms with van der Waals surface area (Å²) in [6, 6.07) is 4.49. The first kappa shape index (κ1) is 29.1. The minimum atomic E-state index is -0.689. The lowest BCUT2D eigenvalue weighted by molar-refractivity contribution is -0.137. The number of rotatable bonds is 14. The Morgan fingerprint density at radius 1 is 1.08 bits per heavy atom. The summed E-state index contributed by atoms with van der Waals surface area (Å²) in [5.41, 5.74) is 7.17. The highest BCUT2D eigenvalue weighted by molar-refractivity contribution is 6.06. The Morgan fingerprint density at radius 2 is 1.90 bits per heavy atom. The number of imide groups is 1. The van der Waals surface area contributed by atoms with Crippen LogP contribution < -0.4 is 21.7 Å². The Balaban J connectivity index is 1.12. The van der Waals surface area contributed by atoms with Gasteiger partial charge in [-0.3, -0.25) is 24.5 Å². The average molecular weight is 545 g/mol. The van der Waals surface area contributed by atoms with Gasteiger partial charge in [0.05, 0.1) is 25.9 Å². The van der Waals surface area contributed by atoms with Crippen molar-refractivity contribution >= 4 is 29.3 Å². The Hall–Kier alpha value is -2.90. The molecule has 1 atom stereocenters. The molecule has 0 aromatic heterocycles. The SMILES string of the molecule is NCCOCCN1CCC(OCCNCCC(=O)Nc2cccc3c2CN(C2CCC(=O)NC2=O)C3=O)CC1. The van der Waals surface area contributed by atoms with Gasteiger partial charge < -0.3 is 35.6 Å². The number of amides is 4. The minimum Gasteiger partial charge on any atom is -0.379 e. The predicted molar refractivity (Wildman–Crippen MR) is 144 cm³/mol. The molecule has 3 aliphatic heterocycles. The van der Waals surface area contributed by atoms with Gasteiger partial charge in [0.15, 0.2) is 0 Å². The summed E-state index contributed by atoms with van der Waals surface area (Å²) in [4.78, 5) is 53.2. The summed E-state index contributed by atoms with van der Waals surface area (Å²) in [6.07, 6.45) is 3.04. The van der Waals surface area contributed by atoms with Gasteiger partial charge in [0, 0.05) is 75.5 Å². The van der Waals surface area contributed by atoms with Gasteiger partial charge in [-0.2, -0.15) is 0 Å². The molecule has 12 heteroatoms. The molecule has 0 radical (unpaired) electrons. The third kappa shape index (κ3) is 8.05. The van der Waals surface area contributed by atoms with Crippen LogP contribution in [0.4, 0.5) is 5.69 Å². The van der Waals surface area contributed by atoms with Gasteiger partial charge in [-0.15, -0.1) is 0 Å². The third-order valence-corrected chi connectivity index (χ3v) is 7.37. The third-order valence-electron chi connectivity index (χ3n) is 7.37. The van der Waals surface area contributed by atoms with E-state index in [0.29, 0.717) is 62.7 Å². The van der Waals surface area contributed by atoms with Gasteiger partial charge in [-0.25, -0.2) is 0 Å². The van der Waals surface area contributed by atoms with Crippen LogP contribution >= 0.6 is 0 Å². The van der Waals surface area contributed by atoms with Gasteiger partial charge in [-0.1, -0.05) is 6.07 Å². The van der Waals surface area contributed by atoms with E-state index in [4.69, 9.17) is 15.2 Å². The summed E-state index contributed by atoms with van der Waals surface area (Å²) in [6.45, 7) is 6.79. The topological polar surface area (TPSA) is 155 Å². The number of likely N-dealkylation sites (tertiary alicyclic amines) is 1. The van der Waals surface area contributed by atoms with E-state index in [-0.39, 0.29) is 43.2 Å². The zero-order valence-corrected chi connectivity index (χ0v) is 22.4. The van der Waals surface area contributed by atoms with Crippen LogP contribution in [0, 0.1) is 0 Å². The van der Waals surface area contributed by atoms with Crippen molar-refractivity contribution in [2.45, 2.75) is 50.8 Å². The summed E-state index contributed by atoms with van der Waals surface area (Å²) >= 11 is 0. The maximum Gasteiger partial charge on any atom is 0.255 e. The lowest BCUT2D eigenvalue weighted by Crippen LogP contribution is -2.52. The van der Waals surface area contributed by atoms with Gasteiger partial charge in [0.25, 0.3) is 5.91 Å². The van der Waals surface area contributed by atoms with Crippen LogP contribution in [0.3, 0.4) is 0 Å². The van der Waals surface area contributed by atoms with Crippen LogP contribution in [0.15, 0.2) is 18.2 Å². The molecular formula is C27H40N6O6. The molecule has 0 bridgehead atoms. The zero-order chi connectivity index (χ0) is 27.6. The van der Waals surface area contributed by atoms with Crippen LogP contribution in [-0.4, -0.2) is 105 Å². The van der Waals surface area contributed by atoms with Crippen molar-refractivity contribution in [1.29, 1.82) is 0 Å². The quantitative estimate of drug-likeness (QED) is 0.184. The molecule has 1 aromatic carbocycles. The summed E-state index contributed by atoms with van der Waals surface area (Å²) in [7, 11) is 0. The number of benzene rings is 1. The van der Waals surface area contributed by atoms with Gasteiger partial charge in [0.1, 0.15) is 6.04 Å². The molecule has 4 rings (SSSR count). The minimum absolute atomic E-state index is 0.161. The van der Waals surface area contributed by atoms with Crippen molar-refractivity contribution in [3.8, 4) is 0 Å². The first-order valence-corrected chi connectivity index (χ1v) is 13.8. The van der Waals surface area contributed by atoms with Gasteiger partial charge in [-0.05, 0) is 31.4 Å². The second kappa shape index (κ2) is 14.5. The number of hydrogen-bond acceptors (Lipinski definition) is 9. The Morgan fingerprint density at radius 3 is 2.67 bits per heavy atom. The van der Waals surface area contributed by atoms with E-state index in [1.165, 1.54) is 4.90 Å². The number of anilines is 1. The molecule has 0 aliphatic carbocycles. The van der Waals surface area contributed by atoms with Crippen LogP contribution in [-0.2, 0) is 30.4 Å². The predicted octanol–water partition coefficient (Wildman–Crippen LogP) is -0.178. The normalized spacial score (nSPS) is 20.3. The van der Waals surface area contributed by atoms with Crippen molar-refractivity contribution in [2.24, 2.45) is 5.73 Å². The fourth-order valence-corrected chi connectivity index (χ4v) is 5.22. The second-order valence-corrected chi connectivity index (χ2v) is 10.1. The van der Waals surface area contributed by atoms with Crippen molar-refractivity contribution in [2.75, 3.05) is 64.4 Å². The number of ether oxygens (including phenoxy) is 2. The van der Waals surface area contributed by atoms with Crippen molar-refractivity contribution in [3.05, 3.63) is 29.3 Å². The van der Waals surface area contributed by atoms with Gasteiger partial charge >= 0.3 is 0 Å². The smallest absolute Gasteiger partial charge is 0.255 e. The van der Waals surface area contributed by atoms with Crippen LogP contribution in [0.5, 0.6) is 0 Å². The molecule has 1 aromatic rings. The number of nitrogens with two attached hydrogens (primary N) is 1. The van der Waals surface area contributed by atoms with Crippen molar-refractivity contribution in [3.63, 3.8) is 0 Å². The first-order valence-electron chi connectivity index (χ1n) is 13.8. The van der Waals surface area contributed by atoms with Crippen LogP contribution in [0.2, 0.25) is 0 Å². The highest BCUT2D eigenvalue weighted by Crippen LogP contribution is 2.32. The standard InChI is InChI=1S/C27H40N6O6/c28-9-15-38-17-14-32-12-7-19(8-13-32)39-16-11-29-10-6-25(35)30-22-3-1-2-20-21(22)18-33(27(20)37)23-4-5-24(34)31-26(23)36/h1-3,19,23,29H,4-18,28H2,(H,30,35)(H,31,34,36). The maximum atomic E-state index is 12.9. The van der Waals surface area contributed by atoms with E-state index in [9.17, 15) is 19.2 Å². The number of piperidine rings is 2. The van der Waals surface area contributed by atoms with E-state index in [0.717, 1.165) is 32.5 Å². The number of carbonyl (C=O) groups excluding carboxylic acids is 4. The van der Waals surface area contributed by atoms with Crippen molar-refractivity contribution < 1.29 is 28.7 Å². The van der Waals surface area contributed by atoms with E-state index in [1.54, 1.807) is 18.2 Å². The molecule has 0 spiro atoms. The second-order valence-electron chi connectivity index (χ2n) is 10.1. The van der Waals surface area contributed by atoms with Crippen LogP contribution in [0.1, 0.15) is 48.0 Å². The monoisotopic (exact) mass is 544 g/mol. The summed E-state index contributed by atoms with van der Waals surface area (Å²) in [5, 5.41) is 8.46. The molecule has 5 N–H and O–H groups in total. The molecule has 2 saturated heterocycles. The number of nitrogens with zero attached hydrogens (tertiary/aromatic N) is 2. The number of fused-ring (bicyclic) bond motifs is 1. The molecule has 3 aliphatic rings. The molecule has 0 saturated carbocycles. The van der Waals surface area contributed by atoms with E-state index in [2.05, 4.69) is 20.9 Å². The largest absolute Gasteiger partial charge is 0.379 e. The molecule has 39 heavy (non-hydrogen) atoms. The molecular weight excluding hydrogens is 504 g/mol. The summed E-state index contributed by atoms with van der Waals surface area (Å²) < 4.78 is 11.4. The van der Waals surface area contributed by atoms with Crippen molar-refractivity contribution in [1.82, 2.24) is 20.4 Å². The Kier molecular flexibility index (Phi) is 10.8. The molecule has 2 fully saturated rings. The number of nitrogens with one attached hydrogen (secondary N) is 3. The maximum absolute atomic E-state index is 12.9. The van der Waals surface area contributed by atoms with Gasteiger partial charge in [0.2, 0.25) is 17.7 Å². The molecule has 3 heterocycles. The van der Waals surface area contributed by atoms with E-state index in [1.807, 2.05) is 0 Å². The van der Waals surface area contributed by atoms with E-state index < -0.39 is 11.9 Å². The van der Waals surface area contributed by atoms with E-state index >= 15 is 0 Å². The highest BCUT2D eigenvalue weighted by atomic mass is 16.5. The molecule has 214 valence electrons. The number of hydrogen-bond donors (Lipinski definition) is 4. The molecule has 12 nitrogen and oxygen atoms in total. The summed E-state index contributed by atoms with van der Waals surface area (Å²) in [5.74, 6) is -1.20. The fraction of sp³-hybridized carbons (Fsp3) is 0.630. The average Bonchev–Trinajstić information content (AvgIpc) is 3.26. The molecule has 4 amide bonds.